The Hall–Kier alpha value is -2.88. The lowest BCUT2D eigenvalue weighted by Gasteiger charge is -2.24. The van der Waals surface area contributed by atoms with Crippen LogP contribution in [0.1, 0.15) is 57.7 Å². The van der Waals surface area contributed by atoms with Gasteiger partial charge in [0.15, 0.2) is 29.0 Å². The Morgan fingerprint density at radius 1 is 1.06 bits per heavy atom. The molecule has 0 bridgehead atoms. The highest BCUT2D eigenvalue weighted by Gasteiger charge is 2.55. The van der Waals surface area contributed by atoms with Gasteiger partial charge in [0.05, 0.1) is 6.33 Å². The molecule has 35 heavy (non-hydrogen) atoms. The summed E-state index contributed by atoms with van der Waals surface area (Å²) in [6.07, 6.45) is 11.2. The predicted octanol–water partition coefficient (Wildman–Crippen LogP) is 4.84. The number of anilines is 1. The molecule has 3 aliphatic rings. The van der Waals surface area contributed by atoms with Gasteiger partial charge in [0.1, 0.15) is 30.5 Å². The van der Waals surface area contributed by atoms with E-state index < -0.39 is 18.1 Å². The first-order chi connectivity index (χ1) is 17.0. The van der Waals surface area contributed by atoms with Gasteiger partial charge in [-0.05, 0) is 32.8 Å². The average molecular weight is 480 g/mol. The molecule has 3 fully saturated rings. The molecule has 0 unspecified atom stereocenters. The summed E-state index contributed by atoms with van der Waals surface area (Å²) in [6, 6.07) is 7.05. The van der Waals surface area contributed by atoms with Crippen LogP contribution in [-0.4, -0.2) is 49.7 Å². The molecule has 2 aromatic heterocycles. The van der Waals surface area contributed by atoms with Crippen LogP contribution in [-0.2, 0) is 14.2 Å². The van der Waals surface area contributed by atoms with E-state index >= 15 is 0 Å². The third-order valence-electron chi connectivity index (χ3n) is 7.01. The van der Waals surface area contributed by atoms with Gasteiger partial charge >= 0.3 is 0 Å². The van der Waals surface area contributed by atoms with Crippen molar-refractivity contribution in [1.82, 2.24) is 19.5 Å². The van der Waals surface area contributed by atoms with Crippen molar-refractivity contribution in [2.75, 3.05) is 5.32 Å². The fourth-order valence-corrected chi connectivity index (χ4v) is 5.38. The van der Waals surface area contributed by atoms with E-state index in [4.69, 9.17) is 14.2 Å². The van der Waals surface area contributed by atoms with Gasteiger partial charge in [-0.25, -0.2) is 19.3 Å². The first-order valence-electron chi connectivity index (χ1n) is 12.4. The Kier molecular flexibility index (Phi) is 5.78. The second-order valence-electron chi connectivity index (χ2n) is 9.96. The Morgan fingerprint density at radius 3 is 2.69 bits per heavy atom. The number of nitrogens with zero attached hydrogens (tertiary/aromatic N) is 4. The molecule has 1 saturated carbocycles. The molecule has 2 saturated heterocycles. The first kappa shape index (κ1) is 22.6. The summed E-state index contributed by atoms with van der Waals surface area (Å²) in [7, 11) is 0. The maximum atomic E-state index is 14.2. The van der Waals surface area contributed by atoms with Gasteiger partial charge in [0.25, 0.3) is 0 Å². The van der Waals surface area contributed by atoms with Crippen LogP contribution in [0.3, 0.4) is 0 Å². The van der Waals surface area contributed by atoms with Crippen molar-refractivity contribution >= 4 is 23.1 Å². The number of ether oxygens (including phenoxy) is 3. The van der Waals surface area contributed by atoms with Crippen LogP contribution >= 0.6 is 0 Å². The Balaban J connectivity index is 1.30. The van der Waals surface area contributed by atoms with Gasteiger partial charge in [-0.15, -0.1) is 0 Å². The molecule has 8 nitrogen and oxygen atoms in total. The van der Waals surface area contributed by atoms with Gasteiger partial charge < -0.3 is 19.5 Å². The van der Waals surface area contributed by atoms with Crippen LogP contribution < -0.4 is 5.32 Å². The normalized spacial score (nSPS) is 28.7. The highest BCUT2D eigenvalue weighted by atomic mass is 19.1. The van der Waals surface area contributed by atoms with E-state index in [0.717, 1.165) is 18.7 Å². The molecule has 4 heterocycles. The lowest BCUT2D eigenvalue weighted by Crippen LogP contribution is -2.28. The number of imidazole rings is 1. The molecule has 6 rings (SSSR count). The van der Waals surface area contributed by atoms with Gasteiger partial charge in [-0.1, -0.05) is 49.6 Å². The van der Waals surface area contributed by atoms with E-state index in [2.05, 4.69) is 20.3 Å². The second-order valence-corrected chi connectivity index (χ2v) is 9.96. The highest BCUT2D eigenvalue weighted by molar-refractivity contribution is 5.82. The van der Waals surface area contributed by atoms with Crippen molar-refractivity contribution in [3.05, 3.63) is 54.4 Å². The molecule has 4 atom stereocenters. The molecule has 9 heteroatoms. The van der Waals surface area contributed by atoms with Crippen LogP contribution in [0.4, 0.5) is 10.2 Å². The molecule has 0 radical (unpaired) electrons. The Morgan fingerprint density at radius 2 is 1.86 bits per heavy atom. The fraction of sp³-hybridized carbons (Fsp3) is 0.500. The summed E-state index contributed by atoms with van der Waals surface area (Å²) < 4.78 is 34.9. The maximum Gasteiger partial charge on any atom is 0.167 e. The maximum absolute atomic E-state index is 14.2. The number of aromatic nitrogens is 4. The van der Waals surface area contributed by atoms with Crippen LogP contribution in [0.25, 0.3) is 17.2 Å². The van der Waals surface area contributed by atoms with E-state index in [1.807, 2.05) is 24.5 Å². The van der Waals surface area contributed by atoms with E-state index in [1.165, 1.54) is 25.3 Å². The summed E-state index contributed by atoms with van der Waals surface area (Å²) >= 11 is 0. The molecule has 0 amide bonds. The standard InChI is InChI=1S/C26H30FN5O3/c1-26(2)34-21-19(13-12-16-8-6-7-11-18(16)27)33-25(22(21)35-26)32-15-30-20-23(28-14-29-24(20)32)31-17-9-4-3-5-10-17/h6-8,11-15,17,19,21-22,25H,3-5,9-10H2,1-2H3,(H,28,29,31)/t19-,21-,22+,25-/m1/s1. The zero-order chi connectivity index (χ0) is 24.0. The van der Waals surface area contributed by atoms with Crippen molar-refractivity contribution in [3.8, 4) is 0 Å². The molecule has 3 aromatic rings. The third-order valence-corrected chi connectivity index (χ3v) is 7.01. The molecule has 184 valence electrons. The zero-order valence-electron chi connectivity index (χ0n) is 19.9. The minimum Gasteiger partial charge on any atom is -0.365 e. The molecule has 0 spiro atoms. The monoisotopic (exact) mass is 479 g/mol. The number of hydrogen-bond donors (Lipinski definition) is 1. The van der Waals surface area contributed by atoms with Crippen LogP contribution in [0, 0.1) is 5.82 Å². The number of rotatable bonds is 5. The summed E-state index contributed by atoms with van der Waals surface area (Å²) in [5.74, 6) is -0.301. The van der Waals surface area contributed by atoms with Gasteiger partial charge in [-0.2, -0.15) is 0 Å². The first-order valence-corrected chi connectivity index (χ1v) is 12.4. The average Bonchev–Trinajstić information content (AvgIpc) is 3.51. The molecular weight excluding hydrogens is 449 g/mol. The van der Waals surface area contributed by atoms with E-state index in [0.29, 0.717) is 22.8 Å². The lowest BCUT2D eigenvalue weighted by molar-refractivity contribution is -0.191. The van der Waals surface area contributed by atoms with E-state index in [-0.39, 0.29) is 18.0 Å². The molecule has 2 aliphatic heterocycles. The zero-order valence-corrected chi connectivity index (χ0v) is 19.9. The van der Waals surface area contributed by atoms with Gasteiger partial charge in [0.2, 0.25) is 0 Å². The quantitative estimate of drug-likeness (QED) is 0.561. The smallest absolute Gasteiger partial charge is 0.167 e. The van der Waals surface area contributed by atoms with Crippen molar-refractivity contribution < 1.29 is 18.6 Å². The molecular formula is C26H30FN5O3. The van der Waals surface area contributed by atoms with Crippen molar-refractivity contribution in [3.63, 3.8) is 0 Å². The van der Waals surface area contributed by atoms with Crippen LogP contribution in [0.15, 0.2) is 43.0 Å². The highest BCUT2D eigenvalue weighted by Crippen LogP contribution is 2.44. The summed E-state index contributed by atoms with van der Waals surface area (Å²) in [4.78, 5) is 13.6. The van der Waals surface area contributed by atoms with E-state index in [9.17, 15) is 4.39 Å². The minimum absolute atomic E-state index is 0.283. The van der Waals surface area contributed by atoms with Crippen LogP contribution in [0.2, 0.25) is 0 Å². The number of halogens is 1. The fourth-order valence-electron chi connectivity index (χ4n) is 5.38. The van der Waals surface area contributed by atoms with Gasteiger partial charge in [0, 0.05) is 11.6 Å². The topological polar surface area (TPSA) is 83.3 Å². The van der Waals surface area contributed by atoms with Crippen LogP contribution in [0.5, 0.6) is 0 Å². The molecule has 1 N–H and O–H groups in total. The van der Waals surface area contributed by atoms with Crippen molar-refractivity contribution in [2.24, 2.45) is 0 Å². The summed E-state index contributed by atoms with van der Waals surface area (Å²) in [5, 5.41) is 3.57. The summed E-state index contributed by atoms with van der Waals surface area (Å²) in [6.45, 7) is 3.78. The number of hydrogen-bond acceptors (Lipinski definition) is 7. The van der Waals surface area contributed by atoms with Crippen molar-refractivity contribution in [1.29, 1.82) is 0 Å². The van der Waals surface area contributed by atoms with E-state index in [1.54, 1.807) is 36.9 Å². The largest absolute Gasteiger partial charge is 0.365 e. The molecule has 1 aromatic carbocycles. The van der Waals surface area contributed by atoms with Gasteiger partial charge in [-0.3, -0.25) is 4.57 Å². The molecule has 1 aliphatic carbocycles. The number of nitrogens with one attached hydrogen (secondary N) is 1. The minimum atomic E-state index is -0.763. The SMILES string of the molecule is CC1(C)O[C@H]2[C@H](O1)[C@@H](C=Cc1ccccc1F)O[C@H]2n1cnc2c(NC3CCCCC3)ncnc21. The van der Waals surface area contributed by atoms with Crippen molar-refractivity contribution in [2.45, 2.75) is 82.3 Å². The third kappa shape index (κ3) is 4.32. The lowest BCUT2D eigenvalue weighted by atomic mass is 9.95. The Bertz CT molecular complexity index is 1240. The number of benzene rings is 1. The predicted molar refractivity (Wildman–Crippen MR) is 129 cm³/mol. The summed E-state index contributed by atoms with van der Waals surface area (Å²) in [5.41, 5.74) is 1.88. The Labute approximate surface area is 203 Å². The second kappa shape index (κ2) is 8.96. The number of fused-ring (bicyclic) bond motifs is 2.